The van der Waals surface area contributed by atoms with Crippen LogP contribution in [0.4, 0.5) is 8.78 Å². The fourth-order valence-electron chi connectivity index (χ4n) is 2.67. The van der Waals surface area contributed by atoms with Crippen LogP contribution in [0.1, 0.15) is 19.3 Å². The lowest BCUT2D eigenvalue weighted by Crippen LogP contribution is -2.36. The number of likely N-dealkylation sites (tertiary alicyclic amines) is 1. The average molecular weight is 312 g/mol. The van der Waals surface area contributed by atoms with Crippen molar-refractivity contribution in [2.45, 2.75) is 25.3 Å². The van der Waals surface area contributed by atoms with Crippen LogP contribution >= 0.6 is 0 Å². The van der Waals surface area contributed by atoms with Crippen LogP contribution in [0.5, 0.6) is 5.75 Å². The van der Waals surface area contributed by atoms with Crippen LogP contribution < -0.4 is 4.74 Å². The molecule has 0 aliphatic carbocycles. The lowest BCUT2D eigenvalue weighted by Gasteiger charge is -2.23. The molecule has 4 nitrogen and oxygen atoms in total. The second kappa shape index (κ2) is 7.54. The maximum Gasteiger partial charge on any atom is 0.260 e. The van der Waals surface area contributed by atoms with Gasteiger partial charge in [0.2, 0.25) is 0 Å². The van der Waals surface area contributed by atoms with Crippen LogP contribution in [0.2, 0.25) is 0 Å². The highest BCUT2D eigenvalue weighted by atomic mass is 19.1. The van der Waals surface area contributed by atoms with E-state index in [4.69, 9.17) is 4.74 Å². The highest BCUT2D eigenvalue weighted by molar-refractivity contribution is 5.77. The van der Waals surface area contributed by atoms with Gasteiger partial charge in [0, 0.05) is 25.2 Å². The van der Waals surface area contributed by atoms with Crippen molar-refractivity contribution in [3.8, 4) is 5.75 Å². The van der Waals surface area contributed by atoms with Gasteiger partial charge in [-0.05, 0) is 45.5 Å². The Balaban J connectivity index is 1.87. The number of hydrogen-bond acceptors (Lipinski definition) is 3. The Morgan fingerprint density at radius 1 is 1.32 bits per heavy atom. The minimum atomic E-state index is -0.795. The van der Waals surface area contributed by atoms with Gasteiger partial charge in [-0.2, -0.15) is 0 Å². The van der Waals surface area contributed by atoms with Crippen molar-refractivity contribution in [3.63, 3.8) is 0 Å². The SMILES string of the molecule is CN(C)[C@@H]1CCCN(C(=O)COc2ccc(F)cc2F)CC1. The number of amides is 1. The summed E-state index contributed by atoms with van der Waals surface area (Å²) in [5.74, 6) is -1.73. The fraction of sp³-hybridized carbons (Fsp3) is 0.562. The molecule has 0 bridgehead atoms. The molecule has 0 saturated carbocycles. The number of ether oxygens (including phenoxy) is 1. The number of benzene rings is 1. The zero-order valence-electron chi connectivity index (χ0n) is 13.0. The fourth-order valence-corrected chi connectivity index (χ4v) is 2.67. The molecule has 1 amide bonds. The van der Waals surface area contributed by atoms with Crippen molar-refractivity contribution in [2.75, 3.05) is 33.8 Å². The van der Waals surface area contributed by atoms with Gasteiger partial charge < -0.3 is 14.5 Å². The van der Waals surface area contributed by atoms with Crippen molar-refractivity contribution in [1.82, 2.24) is 9.80 Å². The summed E-state index contributed by atoms with van der Waals surface area (Å²) < 4.78 is 31.4. The molecular weight excluding hydrogens is 290 g/mol. The number of carbonyl (C=O) groups is 1. The first-order valence-electron chi connectivity index (χ1n) is 7.49. The third kappa shape index (κ3) is 4.40. The molecule has 1 aliphatic heterocycles. The van der Waals surface area contributed by atoms with E-state index in [1.54, 1.807) is 4.90 Å². The van der Waals surface area contributed by atoms with Crippen molar-refractivity contribution < 1.29 is 18.3 Å². The van der Waals surface area contributed by atoms with E-state index in [-0.39, 0.29) is 18.3 Å². The molecule has 1 heterocycles. The third-order valence-electron chi connectivity index (χ3n) is 4.03. The van der Waals surface area contributed by atoms with E-state index >= 15 is 0 Å². The summed E-state index contributed by atoms with van der Waals surface area (Å²) >= 11 is 0. The topological polar surface area (TPSA) is 32.8 Å². The minimum Gasteiger partial charge on any atom is -0.481 e. The standard InChI is InChI=1S/C16H22F2N2O2/c1-19(2)13-4-3-8-20(9-7-13)16(21)11-22-15-6-5-12(17)10-14(15)18/h5-6,10,13H,3-4,7-9,11H2,1-2H3/t13-/m1/s1. The Morgan fingerprint density at radius 2 is 2.09 bits per heavy atom. The molecule has 1 atom stereocenters. The van der Waals surface area contributed by atoms with Gasteiger partial charge in [0.15, 0.2) is 18.2 Å². The van der Waals surface area contributed by atoms with Gasteiger partial charge in [0.25, 0.3) is 5.91 Å². The van der Waals surface area contributed by atoms with Crippen molar-refractivity contribution in [3.05, 3.63) is 29.8 Å². The summed E-state index contributed by atoms with van der Waals surface area (Å²) in [4.78, 5) is 16.1. The van der Waals surface area contributed by atoms with E-state index < -0.39 is 11.6 Å². The third-order valence-corrected chi connectivity index (χ3v) is 4.03. The van der Waals surface area contributed by atoms with Gasteiger partial charge in [0.05, 0.1) is 0 Å². The van der Waals surface area contributed by atoms with Crippen molar-refractivity contribution in [2.24, 2.45) is 0 Å². The summed E-state index contributed by atoms with van der Waals surface area (Å²) in [5.41, 5.74) is 0. The van der Waals surface area contributed by atoms with Crippen LogP contribution in [0.25, 0.3) is 0 Å². The predicted octanol–water partition coefficient (Wildman–Crippen LogP) is 2.29. The maximum atomic E-state index is 13.5. The minimum absolute atomic E-state index is 0.101. The van der Waals surface area contributed by atoms with Gasteiger partial charge in [-0.3, -0.25) is 4.79 Å². The number of carbonyl (C=O) groups excluding carboxylic acids is 1. The summed E-state index contributed by atoms with van der Waals surface area (Å²) in [5, 5.41) is 0. The second-order valence-electron chi connectivity index (χ2n) is 5.79. The average Bonchev–Trinajstić information content (AvgIpc) is 2.72. The normalized spacial score (nSPS) is 19.1. The summed E-state index contributed by atoms with van der Waals surface area (Å²) in [6.45, 7) is 1.14. The van der Waals surface area contributed by atoms with E-state index in [0.717, 1.165) is 31.4 Å². The van der Waals surface area contributed by atoms with E-state index in [1.165, 1.54) is 6.07 Å². The monoisotopic (exact) mass is 312 g/mol. The van der Waals surface area contributed by atoms with Crippen LogP contribution in [-0.2, 0) is 4.79 Å². The van der Waals surface area contributed by atoms with E-state index in [9.17, 15) is 13.6 Å². The highest BCUT2D eigenvalue weighted by Gasteiger charge is 2.22. The number of rotatable bonds is 4. The van der Waals surface area contributed by atoms with E-state index in [2.05, 4.69) is 4.90 Å². The molecule has 2 rings (SSSR count). The van der Waals surface area contributed by atoms with Crippen molar-refractivity contribution in [1.29, 1.82) is 0 Å². The molecule has 0 aromatic heterocycles. The molecule has 1 aromatic carbocycles. The highest BCUT2D eigenvalue weighted by Crippen LogP contribution is 2.18. The molecular formula is C16H22F2N2O2. The zero-order chi connectivity index (χ0) is 16.1. The Kier molecular flexibility index (Phi) is 5.71. The Morgan fingerprint density at radius 3 is 2.77 bits per heavy atom. The molecule has 6 heteroatoms. The van der Waals surface area contributed by atoms with E-state index in [0.29, 0.717) is 19.1 Å². The van der Waals surface area contributed by atoms with Crippen molar-refractivity contribution >= 4 is 5.91 Å². The lowest BCUT2D eigenvalue weighted by molar-refractivity contribution is -0.133. The molecule has 0 unspecified atom stereocenters. The van der Waals surface area contributed by atoms with Crippen LogP contribution in [0.3, 0.4) is 0 Å². The maximum absolute atomic E-state index is 13.5. The zero-order valence-corrected chi connectivity index (χ0v) is 13.0. The summed E-state index contributed by atoms with van der Waals surface area (Å²) in [7, 11) is 4.09. The molecule has 0 N–H and O–H groups in total. The predicted molar refractivity (Wildman–Crippen MR) is 79.8 cm³/mol. The molecule has 0 spiro atoms. The molecule has 0 radical (unpaired) electrons. The molecule has 1 saturated heterocycles. The molecule has 1 fully saturated rings. The number of halogens is 2. The molecule has 122 valence electrons. The second-order valence-corrected chi connectivity index (χ2v) is 5.79. The van der Waals surface area contributed by atoms with Gasteiger partial charge in [-0.15, -0.1) is 0 Å². The van der Waals surface area contributed by atoms with Gasteiger partial charge in [-0.1, -0.05) is 0 Å². The quantitative estimate of drug-likeness (QED) is 0.855. The molecule has 1 aliphatic rings. The van der Waals surface area contributed by atoms with Gasteiger partial charge >= 0.3 is 0 Å². The first-order chi connectivity index (χ1) is 10.5. The number of nitrogens with zero attached hydrogens (tertiary/aromatic N) is 2. The Bertz CT molecular complexity index is 523. The number of hydrogen-bond donors (Lipinski definition) is 0. The Labute approximate surface area is 129 Å². The Hall–Kier alpha value is -1.69. The lowest BCUT2D eigenvalue weighted by atomic mass is 10.1. The first kappa shape index (κ1) is 16.7. The van der Waals surface area contributed by atoms with Crippen LogP contribution in [0.15, 0.2) is 18.2 Å². The summed E-state index contributed by atoms with van der Waals surface area (Å²) in [6, 6.07) is 3.53. The van der Waals surface area contributed by atoms with Gasteiger partial charge in [0.1, 0.15) is 5.82 Å². The van der Waals surface area contributed by atoms with Crippen LogP contribution in [-0.4, -0.2) is 55.5 Å². The first-order valence-corrected chi connectivity index (χ1v) is 7.49. The largest absolute Gasteiger partial charge is 0.481 e. The van der Waals surface area contributed by atoms with Crippen LogP contribution in [0, 0.1) is 11.6 Å². The summed E-state index contributed by atoms with van der Waals surface area (Å²) in [6.07, 6.45) is 2.92. The molecule has 1 aromatic rings. The molecule has 22 heavy (non-hydrogen) atoms. The van der Waals surface area contributed by atoms with E-state index in [1.807, 2.05) is 14.1 Å². The van der Waals surface area contributed by atoms with Gasteiger partial charge in [-0.25, -0.2) is 8.78 Å². The smallest absolute Gasteiger partial charge is 0.260 e.